The Hall–Kier alpha value is -0.560. The first-order chi connectivity index (χ1) is 10.4. The van der Waals surface area contributed by atoms with Crippen molar-refractivity contribution >= 4 is 36.6 Å². The van der Waals surface area contributed by atoms with Crippen molar-refractivity contribution in [2.75, 3.05) is 39.3 Å². The Balaban J connectivity index is 0. The van der Waals surface area contributed by atoms with Gasteiger partial charge in [-0.15, -0.1) is 24.8 Å². The van der Waals surface area contributed by atoms with Gasteiger partial charge in [0.2, 0.25) is 11.8 Å². The third-order valence-corrected chi connectivity index (χ3v) is 4.67. The van der Waals surface area contributed by atoms with Gasteiger partial charge in [-0.3, -0.25) is 14.5 Å². The van der Waals surface area contributed by atoms with Crippen LogP contribution in [0.1, 0.15) is 40.5 Å². The molecule has 6 nitrogen and oxygen atoms in total. The van der Waals surface area contributed by atoms with Crippen molar-refractivity contribution < 1.29 is 9.59 Å². The number of nitrogens with one attached hydrogen (secondary N) is 1. The van der Waals surface area contributed by atoms with E-state index in [0.717, 1.165) is 25.9 Å². The van der Waals surface area contributed by atoms with Crippen LogP contribution in [0, 0.1) is 5.41 Å². The first-order valence-corrected chi connectivity index (χ1v) is 8.39. The normalized spacial score (nSPS) is 15.5. The van der Waals surface area contributed by atoms with Gasteiger partial charge >= 0.3 is 0 Å². The van der Waals surface area contributed by atoms with Crippen LogP contribution in [0.25, 0.3) is 0 Å². The molecular formula is C16H34Cl2N4O2. The molecule has 1 aliphatic rings. The number of halogens is 2. The van der Waals surface area contributed by atoms with E-state index >= 15 is 0 Å². The fraction of sp³-hybridized carbons (Fsp3) is 0.875. The molecule has 1 aliphatic heterocycles. The Morgan fingerprint density at radius 1 is 1.08 bits per heavy atom. The average Bonchev–Trinajstić information content (AvgIpc) is 2.49. The Morgan fingerprint density at radius 3 is 1.96 bits per heavy atom. The predicted octanol–water partition coefficient (Wildman–Crippen LogP) is 1.26. The fourth-order valence-corrected chi connectivity index (χ4v) is 2.94. The lowest BCUT2D eigenvalue weighted by atomic mass is 9.81. The molecule has 0 aromatic heterocycles. The van der Waals surface area contributed by atoms with Crippen LogP contribution in [0.4, 0.5) is 0 Å². The molecule has 1 rings (SSSR count). The maximum absolute atomic E-state index is 12.7. The first-order valence-electron chi connectivity index (χ1n) is 8.39. The zero-order chi connectivity index (χ0) is 16.8. The van der Waals surface area contributed by atoms with E-state index in [1.165, 1.54) is 0 Å². The third kappa shape index (κ3) is 6.75. The Bertz CT molecular complexity index is 374. The monoisotopic (exact) mass is 384 g/mol. The molecule has 24 heavy (non-hydrogen) atoms. The quantitative estimate of drug-likeness (QED) is 0.692. The minimum atomic E-state index is -0.419. The first kappa shape index (κ1) is 25.7. The lowest BCUT2D eigenvalue weighted by molar-refractivity contribution is -0.144. The highest BCUT2D eigenvalue weighted by Crippen LogP contribution is 2.28. The van der Waals surface area contributed by atoms with Crippen molar-refractivity contribution in [2.24, 2.45) is 11.1 Å². The number of carbonyl (C=O) groups excluding carboxylic acids is 2. The molecule has 8 heteroatoms. The number of amides is 2. The number of nitrogens with zero attached hydrogens (tertiary/aromatic N) is 2. The molecule has 0 aliphatic carbocycles. The van der Waals surface area contributed by atoms with Gasteiger partial charge in [-0.25, -0.2) is 0 Å². The summed E-state index contributed by atoms with van der Waals surface area (Å²) in [5.74, 6) is 0.222. The smallest absolute Gasteiger partial charge is 0.234 e. The van der Waals surface area contributed by atoms with Gasteiger partial charge in [0, 0.05) is 38.8 Å². The van der Waals surface area contributed by atoms with E-state index in [1.54, 1.807) is 0 Å². The highest BCUT2D eigenvalue weighted by atomic mass is 35.5. The average molecular weight is 385 g/mol. The summed E-state index contributed by atoms with van der Waals surface area (Å²) >= 11 is 0. The van der Waals surface area contributed by atoms with Crippen molar-refractivity contribution in [3.8, 4) is 0 Å². The Labute approximate surface area is 158 Å². The van der Waals surface area contributed by atoms with Crippen LogP contribution in [0.15, 0.2) is 0 Å². The molecule has 0 aromatic carbocycles. The lowest BCUT2D eigenvalue weighted by Crippen LogP contribution is -2.56. The van der Waals surface area contributed by atoms with E-state index in [2.05, 4.69) is 10.2 Å². The summed E-state index contributed by atoms with van der Waals surface area (Å²) in [6.45, 7) is 11.6. The van der Waals surface area contributed by atoms with Crippen LogP contribution in [0.5, 0.6) is 0 Å². The third-order valence-electron chi connectivity index (χ3n) is 4.67. The number of rotatable bonds is 7. The Kier molecular flexibility index (Phi) is 12.7. The summed E-state index contributed by atoms with van der Waals surface area (Å²) in [6, 6.07) is 0.162. The molecule has 0 spiro atoms. The van der Waals surface area contributed by atoms with Crippen LogP contribution in [0.2, 0.25) is 0 Å². The maximum atomic E-state index is 12.7. The fourth-order valence-electron chi connectivity index (χ4n) is 2.94. The van der Waals surface area contributed by atoms with Gasteiger partial charge in [-0.2, -0.15) is 0 Å². The van der Waals surface area contributed by atoms with Gasteiger partial charge in [-0.1, -0.05) is 13.8 Å². The minimum Gasteiger partial charge on any atom is -0.353 e. The van der Waals surface area contributed by atoms with Gasteiger partial charge in [0.25, 0.3) is 0 Å². The van der Waals surface area contributed by atoms with Crippen LogP contribution in [-0.2, 0) is 9.59 Å². The van der Waals surface area contributed by atoms with E-state index in [0.29, 0.717) is 26.2 Å². The SMILES string of the molecule is CCC(CC)(CN)C(=O)N1CCN(CC(=O)NC(C)C)CC1.Cl.Cl. The number of nitrogens with two attached hydrogens (primary N) is 1. The molecule has 2 amide bonds. The molecule has 1 saturated heterocycles. The van der Waals surface area contributed by atoms with Crippen LogP contribution >= 0.6 is 24.8 Å². The van der Waals surface area contributed by atoms with Crippen LogP contribution in [-0.4, -0.2) is 66.9 Å². The van der Waals surface area contributed by atoms with E-state index < -0.39 is 5.41 Å². The number of carbonyl (C=O) groups is 2. The second-order valence-electron chi connectivity index (χ2n) is 6.48. The molecule has 0 unspecified atom stereocenters. The van der Waals surface area contributed by atoms with Crippen molar-refractivity contribution in [3.05, 3.63) is 0 Å². The topological polar surface area (TPSA) is 78.7 Å². The van der Waals surface area contributed by atoms with Crippen molar-refractivity contribution in [3.63, 3.8) is 0 Å². The van der Waals surface area contributed by atoms with Crippen molar-refractivity contribution in [2.45, 2.75) is 46.6 Å². The van der Waals surface area contributed by atoms with Gasteiger partial charge in [-0.05, 0) is 26.7 Å². The molecule has 0 radical (unpaired) electrons. The minimum absolute atomic E-state index is 0. The number of hydrogen-bond donors (Lipinski definition) is 2. The van der Waals surface area contributed by atoms with Gasteiger partial charge in [0.1, 0.15) is 0 Å². The molecule has 3 N–H and O–H groups in total. The van der Waals surface area contributed by atoms with Gasteiger partial charge in [0.15, 0.2) is 0 Å². The van der Waals surface area contributed by atoms with E-state index in [-0.39, 0.29) is 42.7 Å². The highest BCUT2D eigenvalue weighted by Gasteiger charge is 2.37. The van der Waals surface area contributed by atoms with E-state index in [9.17, 15) is 9.59 Å². The summed E-state index contributed by atoms with van der Waals surface area (Å²) < 4.78 is 0. The standard InChI is InChI=1S/C16H32N4O2.2ClH/c1-5-16(6-2,12-17)15(22)20-9-7-19(8-10-20)11-14(21)18-13(3)4;;/h13H,5-12,17H2,1-4H3,(H,18,21);2*1H. The summed E-state index contributed by atoms with van der Waals surface area (Å²) in [5, 5.41) is 2.90. The van der Waals surface area contributed by atoms with E-state index in [1.807, 2.05) is 32.6 Å². The van der Waals surface area contributed by atoms with E-state index in [4.69, 9.17) is 5.73 Å². The Morgan fingerprint density at radius 2 is 1.58 bits per heavy atom. The predicted molar refractivity (Wildman–Crippen MR) is 103 cm³/mol. The molecule has 0 saturated carbocycles. The molecule has 0 bridgehead atoms. The van der Waals surface area contributed by atoms with Crippen molar-refractivity contribution in [1.29, 1.82) is 0 Å². The molecule has 1 heterocycles. The molecule has 144 valence electrons. The van der Waals surface area contributed by atoms with Crippen LogP contribution < -0.4 is 11.1 Å². The molecule has 1 fully saturated rings. The molecule has 0 aromatic rings. The zero-order valence-electron chi connectivity index (χ0n) is 15.3. The summed E-state index contributed by atoms with van der Waals surface area (Å²) in [4.78, 5) is 28.5. The second kappa shape index (κ2) is 11.9. The molecular weight excluding hydrogens is 351 g/mol. The summed E-state index contributed by atoms with van der Waals surface area (Å²) in [6.07, 6.45) is 1.55. The maximum Gasteiger partial charge on any atom is 0.234 e. The zero-order valence-corrected chi connectivity index (χ0v) is 17.0. The second-order valence-corrected chi connectivity index (χ2v) is 6.48. The van der Waals surface area contributed by atoms with Gasteiger partial charge < -0.3 is 16.0 Å². The number of hydrogen-bond acceptors (Lipinski definition) is 4. The number of piperazine rings is 1. The van der Waals surface area contributed by atoms with Gasteiger partial charge in [0.05, 0.1) is 12.0 Å². The van der Waals surface area contributed by atoms with Crippen LogP contribution in [0.3, 0.4) is 0 Å². The summed E-state index contributed by atoms with van der Waals surface area (Å²) in [7, 11) is 0. The summed E-state index contributed by atoms with van der Waals surface area (Å²) in [5.41, 5.74) is 5.45. The lowest BCUT2D eigenvalue weighted by Gasteiger charge is -2.40. The molecule has 0 atom stereocenters. The highest BCUT2D eigenvalue weighted by molar-refractivity contribution is 5.85. The van der Waals surface area contributed by atoms with Crippen molar-refractivity contribution in [1.82, 2.24) is 15.1 Å². The largest absolute Gasteiger partial charge is 0.353 e.